The Kier molecular flexibility index (Phi) is 6.71. The molecule has 0 aliphatic heterocycles. The summed E-state index contributed by atoms with van der Waals surface area (Å²) in [5, 5.41) is 2.66. The van der Waals surface area contributed by atoms with Crippen LogP contribution in [0.2, 0.25) is 0 Å². The highest BCUT2D eigenvalue weighted by Gasteiger charge is 2.20. The molecule has 20 heavy (non-hydrogen) atoms. The summed E-state index contributed by atoms with van der Waals surface area (Å²) in [5.41, 5.74) is 1.64. The molecule has 0 heterocycles. The molecule has 0 atom stereocenters. The van der Waals surface area contributed by atoms with Crippen LogP contribution in [0.25, 0.3) is 0 Å². The van der Waals surface area contributed by atoms with Gasteiger partial charge in [0.05, 0.1) is 0 Å². The van der Waals surface area contributed by atoms with Crippen molar-refractivity contribution in [3.8, 4) is 0 Å². The average Bonchev–Trinajstić information content (AvgIpc) is 2.42. The molecule has 0 radical (unpaired) electrons. The van der Waals surface area contributed by atoms with Crippen molar-refractivity contribution in [1.29, 1.82) is 0 Å². The molecule has 2 amide bonds. The van der Waals surface area contributed by atoms with Crippen molar-refractivity contribution < 1.29 is 9.59 Å². The Balaban J connectivity index is 2.73. The third-order valence-corrected chi connectivity index (χ3v) is 3.77. The van der Waals surface area contributed by atoms with E-state index in [1.807, 2.05) is 32.9 Å². The summed E-state index contributed by atoms with van der Waals surface area (Å²) in [4.78, 5) is 25.7. The lowest BCUT2D eigenvalue weighted by molar-refractivity contribution is -0.143. The number of nitrogens with one attached hydrogen (secondary N) is 1. The van der Waals surface area contributed by atoms with Crippen molar-refractivity contribution in [2.24, 2.45) is 0 Å². The van der Waals surface area contributed by atoms with Crippen LogP contribution < -0.4 is 5.32 Å². The van der Waals surface area contributed by atoms with Gasteiger partial charge < -0.3 is 10.2 Å². The highest BCUT2D eigenvalue weighted by molar-refractivity contribution is 9.10. The molecule has 0 saturated carbocycles. The van der Waals surface area contributed by atoms with Crippen molar-refractivity contribution >= 4 is 33.4 Å². The van der Waals surface area contributed by atoms with Crippen LogP contribution in [0.3, 0.4) is 0 Å². The van der Waals surface area contributed by atoms with Gasteiger partial charge in [0.1, 0.15) is 0 Å². The number of anilines is 1. The molecule has 0 bridgehead atoms. The van der Waals surface area contributed by atoms with Crippen LogP contribution in [0.1, 0.15) is 32.3 Å². The van der Waals surface area contributed by atoms with Crippen molar-refractivity contribution in [3.63, 3.8) is 0 Å². The van der Waals surface area contributed by atoms with Crippen LogP contribution in [0.15, 0.2) is 22.7 Å². The van der Waals surface area contributed by atoms with E-state index in [1.165, 1.54) is 0 Å². The molecule has 5 heteroatoms. The Hall–Kier alpha value is -1.36. The van der Waals surface area contributed by atoms with Crippen LogP contribution in [0, 0.1) is 6.92 Å². The minimum Gasteiger partial charge on any atom is -0.334 e. The second kappa shape index (κ2) is 8.04. The van der Waals surface area contributed by atoms with Gasteiger partial charge in [0.15, 0.2) is 0 Å². The number of amides is 2. The molecule has 0 aliphatic carbocycles. The Labute approximate surface area is 128 Å². The van der Waals surface area contributed by atoms with Gasteiger partial charge in [-0.3, -0.25) is 9.59 Å². The molecule has 0 aliphatic rings. The van der Waals surface area contributed by atoms with E-state index >= 15 is 0 Å². The van der Waals surface area contributed by atoms with Crippen molar-refractivity contribution in [3.05, 3.63) is 28.2 Å². The number of halogens is 1. The number of nitrogens with zero attached hydrogens (tertiary/aromatic N) is 1. The average molecular weight is 341 g/mol. The van der Waals surface area contributed by atoms with Gasteiger partial charge in [0.2, 0.25) is 0 Å². The first-order chi connectivity index (χ1) is 9.49. The third kappa shape index (κ3) is 4.63. The van der Waals surface area contributed by atoms with Crippen molar-refractivity contribution in [2.45, 2.75) is 33.6 Å². The maximum atomic E-state index is 12.1. The third-order valence-electron chi connectivity index (χ3n) is 2.88. The first kappa shape index (κ1) is 16.7. The Bertz CT molecular complexity index is 483. The molecule has 0 saturated heterocycles. The largest absolute Gasteiger partial charge is 0.334 e. The summed E-state index contributed by atoms with van der Waals surface area (Å²) in [6.07, 6.45) is 1.69. The highest BCUT2D eigenvalue weighted by atomic mass is 79.9. The molecule has 1 aromatic carbocycles. The topological polar surface area (TPSA) is 49.4 Å². The van der Waals surface area contributed by atoms with Gasteiger partial charge in [-0.25, -0.2) is 0 Å². The van der Waals surface area contributed by atoms with Crippen LogP contribution in [0.4, 0.5) is 5.69 Å². The van der Waals surface area contributed by atoms with Crippen LogP contribution in [-0.4, -0.2) is 29.8 Å². The van der Waals surface area contributed by atoms with E-state index < -0.39 is 11.8 Å². The summed E-state index contributed by atoms with van der Waals surface area (Å²) >= 11 is 3.40. The molecule has 4 nitrogen and oxygen atoms in total. The molecule has 0 fully saturated rings. The van der Waals surface area contributed by atoms with Gasteiger partial charge in [-0.2, -0.15) is 0 Å². The van der Waals surface area contributed by atoms with Crippen molar-refractivity contribution in [2.75, 3.05) is 18.4 Å². The summed E-state index contributed by atoms with van der Waals surface area (Å²) in [5.74, 6) is -1.04. The van der Waals surface area contributed by atoms with Gasteiger partial charge >= 0.3 is 11.8 Å². The quantitative estimate of drug-likeness (QED) is 0.835. The fourth-order valence-electron chi connectivity index (χ4n) is 1.91. The predicted octanol–water partition coefficient (Wildman–Crippen LogP) is 3.34. The molecule has 1 N–H and O–H groups in total. The number of benzene rings is 1. The van der Waals surface area contributed by atoms with E-state index in [0.29, 0.717) is 18.8 Å². The minimum absolute atomic E-state index is 0.464. The second-order valence-electron chi connectivity index (χ2n) is 4.71. The standard InChI is InChI=1S/C15H21BrN2O2/c1-4-8-18(9-5-2)15(20)14(19)17-12-6-7-13(16)11(3)10-12/h6-7,10H,4-5,8-9H2,1-3H3,(H,17,19). The fraction of sp³-hybridized carbons (Fsp3) is 0.467. The monoisotopic (exact) mass is 340 g/mol. The molecule has 0 unspecified atom stereocenters. The first-order valence-electron chi connectivity index (χ1n) is 6.86. The Morgan fingerprint density at radius 2 is 1.80 bits per heavy atom. The summed E-state index contributed by atoms with van der Waals surface area (Å²) < 4.78 is 0.973. The van der Waals surface area contributed by atoms with E-state index in [2.05, 4.69) is 21.2 Å². The number of hydrogen-bond donors (Lipinski definition) is 1. The molecular formula is C15H21BrN2O2. The van der Waals surface area contributed by atoms with E-state index in [-0.39, 0.29) is 0 Å². The molecule has 1 rings (SSSR count). The number of hydrogen-bond acceptors (Lipinski definition) is 2. The zero-order valence-corrected chi connectivity index (χ0v) is 13.8. The lowest BCUT2D eigenvalue weighted by atomic mass is 10.2. The smallest absolute Gasteiger partial charge is 0.313 e. The Morgan fingerprint density at radius 1 is 1.20 bits per heavy atom. The van der Waals surface area contributed by atoms with Gasteiger partial charge in [-0.15, -0.1) is 0 Å². The zero-order valence-electron chi connectivity index (χ0n) is 12.2. The first-order valence-corrected chi connectivity index (χ1v) is 7.65. The lowest BCUT2D eigenvalue weighted by Gasteiger charge is -2.20. The molecule has 110 valence electrons. The summed E-state index contributed by atoms with van der Waals surface area (Å²) in [6, 6.07) is 5.46. The number of carbonyl (C=O) groups excluding carboxylic acids is 2. The Morgan fingerprint density at radius 3 is 2.30 bits per heavy atom. The van der Waals surface area contributed by atoms with Gasteiger partial charge in [-0.05, 0) is 43.5 Å². The molecule has 0 spiro atoms. The normalized spacial score (nSPS) is 10.2. The van der Waals surface area contributed by atoms with Crippen LogP contribution in [-0.2, 0) is 9.59 Å². The van der Waals surface area contributed by atoms with Crippen molar-refractivity contribution in [1.82, 2.24) is 4.90 Å². The lowest BCUT2D eigenvalue weighted by Crippen LogP contribution is -2.40. The van der Waals surface area contributed by atoms with E-state index in [9.17, 15) is 9.59 Å². The van der Waals surface area contributed by atoms with Gasteiger partial charge in [0.25, 0.3) is 0 Å². The number of carbonyl (C=O) groups is 2. The van der Waals surface area contributed by atoms with Crippen LogP contribution in [0.5, 0.6) is 0 Å². The summed E-state index contributed by atoms with van der Waals surface area (Å²) in [6.45, 7) is 7.14. The molecule has 1 aromatic rings. The van der Waals surface area contributed by atoms with E-state index in [1.54, 1.807) is 11.0 Å². The minimum atomic E-state index is -0.575. The van der Waals surface area contributed by atoms with E-state index in [0.717, 1.165) is 22.9 Å². The summed E-state index contributed by atoms with van der Waals surface area (Å²) in [7, 11) is 0. The van der Waals surface area contributed by atoms with Gasteiger partial charge in [-0.1, -0.05) is 29.8 Å². The molecule has 0 aromatic heterocycles. The SMILES string of the molecule is CCCN(CCC)C(=O)C(=O)Nc1ccc(Br)c(C)c1. The van der Waals surface area contributed by atoms with E-state index in [4.69, 9.17) is 0 Å². The second-order valence-corrected chi connectivity index (χ2v) is 5.56. The fourth-order valence-corrected chi connectivity index (χ4v) is 2.15. The number of rotatable bonds is 5. The van der Waals surface area contributed by atoms with Crippen LogP contribution >= 0.6 is 15.9 Å². The maximum Gasteiger partial charge on any atom is 0.313 e. The zero-order chi connectivity index (χ0) is 15.1. The maximum absolute atomic E-state index is 12.1. The predicted molar refractivity (Wildman–Crippen MR) is 84.7 cm³/mol. The van der Waals surface area contributed by atoms with Gasteiger partial charge in [0, 0.05) is 23.2 Å². The molecular weight excluding hydrogens is 320 g/mol. The number of aryl methyl sites for hydroxylation is 1. The highest BCUT2D eigenvalue weighted by Crippen LogP contribution is 2.20.